The van der Waals surface area contributed by atoms with Crippen molar-refractivity contribution in [3.63, 3.8) is 0 Å². The Bertz CT molecular complexity index is 635. The van der Waals surface area contributed by atoms with E-state index in [1.165, 1.54) is 8.52 Å². The molecule has 0 radical (unpaired) electrons. The number of nitrogens with zero attached hydrogens (tertiary/aromatic N) is 2. The number of aromatic nitrogens is 2. The van der Waals surface area contributed by atoms with E-state index >= 15 is 0 Å². The minimum atomic E-state index is -0.161. The zero-order valence-electron chi connectivity index (χ0n) is 9.20. The van der Waals surface area contributed by atoms with Gasteiger partial charge in [-0.3, -0.25) is 4.79 Å². The van der Waals surface area contributed by atoms with E-state index < -0.39 is 0 Å². The summed E-state index contributed by atoms with van der Waals surface area (Å²) in [5.74, 6) is 0. The molecule has 0 unspecified atom stereocenters. The summed E-state index contributed by atoms with van der Waals surface area (Å²) < 4.78 is 2.93. The molecule has 1 fully saturated rings. The minimum Gasteiger partial charge on any atom is -0.255 e. The largest absolute Gasteiger partial charge is 0.341 e. The fourth-order valence-electron chi connectivity index (χ4n) is 1.86. The van der Waals surface area contributed by atoms with Gasteiger partial charge in [0.15, 0.2) is 0 Å². The quantitative estimate of drug-likeness (QED) is 0.825. The number of benzene rings is 1. The summed E-state index contributed by atoms with van der Waals surface area (Å²) in [5.41, 5.74) is 0.880. The molecule has 0 atom stereocenters. The van der Waals surface area contributed by atoms with Crippen LogP contribution in [-0.2, 0) is 6.54 Å². The molecule has 1 aliphatic carbocycles. The summed E-state index contributed by atoms with van der Waals surface area (Å²) in [5, 5.41) is 0. The molecule has 1 aromatic carbocycles. The summed E-state index contributed by atoms with van der Waals surface area (Å²) in [4.78, 5) is 23.6. The van der Waals surface area contributed by atoms with Crippen molar-refractivity contribution in [2.45, 2.75) is 25.4 Å². The van der Waals surface area contributed by atoms with Crippen molar-refractivity contribution in [2.24, 2.45) is 0 Å². The van der Waals surface area contributed by atoms with Gasteiger partial charge in [-0.2, -0.15) is 0 Å². The normalized spacial score (nSPS) is 15.1. The van der Waals surface area contributed by atoms with Crippen LogP contribution in [0.2, 0.25) is 0 Å². The molecule has 88 valence electrons. The van der Waals surface area contributed by atoms with E-state index in [1.54, 1.807) is 0 Å². The van der Waals surface area contributed by atoms with Gasteiger partial charge in [0, 0.05) is 17.6 Å². The Labute approximate surface area is 102 Å². The van der Waals surface area contributed by atoms with E-state index in [0.29, 0.717) is 6.54 Å². The third-order valence-electron chi connectivity index (χ3n) is 2.89. The summed E-state index contributed by atoms with van der Waals surface area (Å²) in [6, 6.07) is 9.87. The van der Waals surface area contributed by atoms with Gasteiger partial charge in [0.1, 0.15) is 0 Å². The van der Waals surface area contributed by atoms with Gasteiger partial charge in [-0.1, -0.05) is 30.3 Å². The Morgan fingerprint density at radius 3 is 2.53 bits per heavy atom. The molecule has 5 heteroatoms. The average molecular weight is 248 g/mol. The molecule has 1 saturated carbocycles. The van der Waals surface area contributed by atoms with Crippen molar-refractivity contribution in [2.75, 3.05) is 0 Å². The van der Waals surface area contributed by atoms with Crippen LogP contribution in [0.4, 0.5) is 0 Å². The molecule has 3 rings (SSSR count). The molecule has 1 heterocycles. The summed E-state index contributed by atoms with van der Waals surface area (Å²) >= 11 is 1.02. The molecule has 0 spiro atoms. The van der Waals surface area contributed by atoms with Crippen LogP contribution in [0.5, 0.6) is 0 Å². The van der Waals surface area contributed by atoms with Crippen LogP contribution in [0, 0.1) is 0 Å². The Balaban J connectivity index is 1.97. The first-order chi connectivity index (χ1) is 8.25. The Hall–Kier alpha value is -1.62. The molecule has 0 bridgehead atoms. The topological polar surface area (TPSA) is 44.0 Å². The molecule has 4 nitrogen and oxygen atoms in total. The minimum absolute atomic E-state index is 0.131. The van der Waals surface area contributed by atoms with E-state index in [2.05, 4.69) is 0 Å². The second-order valence-electron chi connectivity index (χ2n) is 4.26. The number of rotatable bonds is 3. The highest BCUT2D eigenvalue weighted by Crippen LogP contribution is 2.32. The van der Waals surface area contributed by atoms with Gasteiger partial charge in [0.05, 0.1) is 6.54 Å². The van der Waals surface area contributed by atoms with E-state index in [0.717, 1.165) is 29.9 Å². The standard InChI is InChI=1S/C12H12N2O2S/c15-11-13(8-9-4-2-1-3-5-9)17-12(16)14(11)10-6-7-10/h1-5,10H,6-8H2. The van der Waals surface area contributed by atoms with Crippen molar-refractivity contribution >= 4 is 11.5 Å². The maximum absolute atomic E-state index is 12.0. The first-order valence-electron chi connectivity index (χ1n) is 5.62. The van der Waals surface area contributed by atoms with E-state index in [-0.39, 0.29) is 16.6 Å². The third-order valence-corrected chi connectivity index (χ3v) is 3.74. The molecule has 17 heavy (non-hydrogen) atoms. The van der Waals surface area contributed by atoms with Gasteiger partial charge in [0.2, 0.25) is 0 Å². The van der Waals surface area contributed by atoms with Crippen LogP contribution in [0.25, 0.3) is 0 Å². The maximum atomic E-state index is 12.0. The lowest BCUT2D eigenvalue weighted by Gasteiger charge is -1.99. The van der Waals surface area contributed by atoms with Gasteiger partial charge in [-0.15, -0.1) is 0 Å². The molecule has 0 N–H and O–H groups in total. The van der Waals surface area contributed by atoms with Crippen molar-refractivity contribution < 1.29 is 0 Å². The maximum Gasteiger partial charge on any atom is 0.341 e. The number of hydrogen-bond donors (Lipinski definition) is 0. The Morgan fingerprint density at radius 1 is 1.18 bits per heavy atom. The van der Waals surface area contributed by atoms with Crippen LogP contribution in [0.15, 0.2) is 39.9 Å². The number of hydrogen-bond acceptors (Lipinski definition) is 3. The lowest BCUT2D eigenvalue weighted by atomic mass is 10.2. The first kappa shape index (κ1) is 10.5. The highest BCUT2D eigenvalue weighted by atomic mass is 32.1. The predicted octanol–water partition coefficient (Wildman–Crippen LogP) is 1.45. The highest BCUT2D eigenvalue weighted by Gasteiger charge is 2.28. The fraction of sp³-hybridized carbons (Fsp3) is 0.333. The molecule has 0 aliphatic heterocycles. The zero-order valence-corrected chi connectivity index (χ0v) is 10.0. The van der Waals surface area contributed by atoms with Gasteiger partial charge < -0.3 is 0 Å². The highest BCUT2D eigenvalue weighted by molar-refractivity contribution is 7.03. The van der Waals surface area contributed by atoms with Crippen LogP contribution in [-0.4, -0.2) is 8.52 Å². The molecular formula is C12H12N2O2S. The van der Waals surface area contributed by atoms with Crippen molar-refractivity contribution in [1.29, 1.82) is 0 Å². The molecule has 1 aliphatic rings. The zero-order chi connectivity index (χ0) is 11.8. The van der Waals surface area contributed by atoms with E-state index in [4.69, 9.17) is 0 Å². The van der Waals surface area contributed by atoms with Gasteiger partial charge in [0.25, 0.3) is 0 Å². The van der Waals surface area contributed by atoms with Gasteiger partial charge in [-0.25, -0.2) is 13.3 Å². The van der Waals surface area contributed by atoms with Crippen LogP contribution in [0.3, 0.4) is 0 Å². The van der Waals surface area contributed by atoms with Crippen LogP contribution >= 0.6 is 11.5 Å². The van der Waals surface area contributed by atoms with Crippen molar-refractivity contribution in [1.82, 2.24) is 8.52 Å². The Kier molecular flexibility index (Phi) is 2.48. The lowest BCUT2D eigenvalue weighted by Crippen LogP contribution is -2.28. The van der Waals surface area contributed by atoms with Crippen molar-refractivity contribution in [3.05, 3.63) is 56.0 Å². The molecule has 2 aromatic rings. The van der Waals surface area contributed by atoms with Crippen LogP contribution in [0.1, 0.15) is 24.4 Å². The summed E-state index contributed by atoms with van der Waals surface area (Å²) in [6.07, 6.45) is 1.91. The molecule has 0 amide bonds. The Morgan fingerprint density at radius 2 is 1.88 bits per heavy atom. The third kappa shape index (κ3) is 1.98. The molecule has 1 aromatic heterocycles. The van der Waals surface area contributed by atoms with Crippen LogP contribution < -0.4 is 10.6 Å². The second kappa shape index (κ2) is 4.00. The van der Waals surface area contributed by atoms with Crippen molar-refractivity contribution in [3.8, 4) is 0 Å². The van der Waals surface area contributed by atoms with E-state index in [1.807, 2.05) is 30.3 Å². The molecular weight excluding hydrogens is 236 g/mol. The SMILES string of the molecule is O=c1sn(Cc2ccccc2)c(=O)n1C1CC1. The summed E-state index contributed by atoms with van der Waals surface area (Å²) in [7, 11) is 0. The van der Waals surface area contributed by atoms with Gasteiger partial charge >= 0.3 is 10.6 Å². The smallest absolute Gasteiger partial charge is 0.255 e. The predicted molar refractivity (Wildman–Crippen MR) is 66.7 cm³/mol. The first-order valence-corrected chi connectivity index (χ1v) is 6.39. The molecule has 0 saturated heterocycles. The monoisotopic (exact) mass is 248 g/mol. The van der Waals surface area contributed by atoms with Gasteiger partial charge in [-0.05, 0) is 18.4 Å². The second-order valence-corrected chi connectivity index (χ2v) is 5.24. The fourth-order valence-corrected chi connectivity index (χ4v) is 2.75. The summed E-state index contributed by atoms with van der Waals surface area (Å²) in [6.45, 7) is 0.485. The lowest BCUT2D eigenvalue weighted by molar-refractivity contribution is 0.650. The van der Waals surface area contributed by atoms with E-state index in [9.17, 15) is 9.59 Å². The average Bonchev–Trinajstić information content (AvgIpc) is 3.10.